The van der Waals surface area contributed by atoms with Gasteiger partial charge in [0.1, 0.15) is 11.6 Å². The molecular formula is C15H25N3O. The van der Waals surface area contributed by atoms with Gasteiger partial charge in [-0.3, -0.25) is 0 Å². The first-order valence-corrected chi connectivity index (χ1v) is 7.20. The molecular weight excluding hydrogens is 238 g/mol. The number of nitrogens with zero attached hydrogens (tertiary/aromatic N) is 3. The van der Waals surface area contributed by atoms with E-state index in [-0.39, 0.29) is 0 Å². The molecule has 0 saturated carbocycles. The summed E-state index contributed by atoms with van der Waals surface area (Å²) in [6.45, 7) is 10.0. The van der Waals surface area contributed by atoms with E-state index in [1.54, 1.807) is 0 Å². The molecule has 19 heavy (non-hydrogen) atoms. The lowest BCUT2D eigenvalue weighted by Gasteiger charge is -2.24. The molecule has 4 heteroatoms. The number of anilines is 1. The Morgan fingerprint density at radius 2 is 2.00 bits per heavy atom. The van der Waals surface area contributed by atoms with Crippen molar-refractivity contribution in [3.8, 4) is 0 Å². The lowest BCUT2D eigenvalue weighted by molar-refractivity contribution is 0.0481. The second kappa shape index (κ2) is 5.45. The molecule has 1 aromatic heterocycles. The fourth-order valence-electron chi connectivity index (χ4n) is 2.49. The van der Waals surface area contributed by atoms with E-state index < -0.39 is 5.60 Å². The standard InChI is InChI=1S/C15H25N3O/c1-11(2)14-16-12(3)10-13(17-14)18-8-5-6-15(4,19)7-9-18/h10-11,19H,5-9H2,1-4H3. The minimum Gasteiger partial charge on any atom is -0.390 e. The van der Waals surface area contributed by atoms with Crippen LogP contribution in [0.1, 0.15) is 57.5 Å². The highest BCUT2D eigenvalue weighted by molar-refractivity contribution is 5.40. The van der Waals surface area contributed by atoms with E-state index in [0.29, 0.717) is 5.92 Å². The molecule has 1 N–H and O–H groups in total. The average molecular weight is 263 g/mol. The van der Waals surface area contributed by atoms with Crippen LogP contribution >= 0.6 is 0 Å². The lowest BCUT2D eigenvalue weighted by Crippen LogP contribution is -2.29. The Labute approximate surface area is 115 Å². The molecule has 1 saturated heterocycles. The molecule has 0 aliphatic carbocycles. The molecule has 2 rings (SSSR count). The van der Waals surface area contributed by atoms with Gasteiger partial charge in [0.2, 0.25) is 0 Å². The van der Waals surface area contributed by atoms with E-state index in [4.69, 9.17) is 0 Å². The van der Waals surface area contributed by atoms with Crippen LogP contribution in [0.2, 0.25) is 0 Å². The Balaban J connectivity index is 2.21. The molecule has 0 radical (unpaired) electrons. The van der Waals surface area contributed by atoms with Crippen molar-refractivity contribution in [3.63, 3.8) is 0 Å². The highest BCUT2D eigenvalue weighted by Gasteiger charge is 2.25. The van der Waals surface area contributed by atoms with Crippen molar-refractivity contribution in [1.82, 2.24) is 9.97 Å². The van der Waals surface area contributed by atoms with Crippen molar-refractivity contribution in [1.29, 1.82) is 0 Å². The lowest BCUT2D eigenvalue weighted by atomic mass is 9.98. The summed E-state index contributed by atoms with van der Waals surface area (Å²) < 4.78 is 0. The molecule has 0 bridgehead atoms. The first kappa shape index (κ1) is 14.3. The topological polar surface area (TPSA) is 49.2 Å². The molecule has 1 unspecified atom stereocenters. The third-order valence-corrected chi connectivity index (χ3v) is 3.76. The molecule has 0 aromatic carbocycles. The highest BCUT2D eigenvalue weighted by Crippen LogP contribution is 2.25. The van der Waals surface area contributed by atoms with Gasteiger partial charge in [-0.25, -0.2) is 9.97 Å². The molecule has 1 aromatic rings. The van der Waals surface area contributed by atoms with Crippen molar-refractivity contribution in [2.75, 3.05) is 18.0 Å². The zero-order valence-electron chi connectivity index (χ0n) is 12.5. The van der Waals surface area contributed by atoms with Crippen LogP contribution in [-0.2, 0) is 0 Å². The Kier molecular flexibility index (Phi) is 4.09. The van der Waals surface area contributed by atoms with Gasteiger partial charge in [0.15, 0.2) is 0 Å². The van der Waals surface area contributed by atoms with Crippen LogP contribution in [0.5, 0.6) is 0 Å². The largest absolute Gasteiger partial charge is 0.390 e. The summed E-state index contributed by atoms with van der Waals surface area (Å²) in [6, 6.07) is 2.05. The van der Waals surface area contributed by atoms with Gasteiger partial charge in [0.25, 0.3) is 0 Å². The van der Waals surface area contributed by atoms with E-state index in [0.717, 1.165) is 49.7 Å². The summed E-state index contributed by atoms with van der Waals surface area (Å²) >= 11 is 0. The van der Waals surface area contributed by atoms with Gasteiger partial charge in [-0.15, -0.1) is 0 Å². The van der Waals surface area contributed by atoms with Gasteiger partial charge >= 0.3 is 0 Å². The van der Waals surface area contributed by atoms with Gasteiger partial charge < -0.3 is 10.0 Å². The monoisotopic (exact) mass is 263 g/mol. The van der Waals surface area contributed by atoms with Crippen LogP contribution in [0.15, 0.2) is 6.07 Å². The average Bonchev–Trinajstić information content (AvgIpc) is 2.49. The van der Waals surface area contributed by atoms with Gasteiger partial charge in [-0.1, -0.05) is 13.8 Å². The smallest absolute Gasteiger partial charge is 0.133 e. The quantitative estimate of drug-likeness (QED) is 0.891. The normalized spacial score (nSPS) is 24.6. The van der Waals surface area contributed by atoms with E-state index in [1.807, 2.05) is 19.9 Å². The second-order valence-electron chi connectivity index (χ2n) is 6.22. The number of aliphatic hydroxyl groups is 1. The minimum atomic E-state index is -0.530. The molecule has 4 nitrogen and oxygen atoms in total. The van der Waals surface area contributed by atoms with Crippen molar-refractivity contribution in [3.05, 3.63) is 17.6 Å². The fraction of sp³-hybridized carbons (Fsp3) is 0.733. The zero-order chi connectivity index (χ0) is 14.0. The number of aromatic nitrogens is 2. The summed E-state index contributed by atoms with van der Waals surface area (Å²) in [7, 11) is 0. The SMILES string of the molecule is Cc1cc(N2CCCC(C)(O)CC2)nc(C(C)C)n1. The number of aryl methyl sites for hydroxylation is 1. The molecule has 1 aliphatic rings. The van der Waals surface area contributed by atoms with E-state index in [1.165, 1.54) is 0 Å². The van der Waals surface area contributed by atoms with Crippen molar-refractivity contribution in [2.24, 2.45) is 0 Å². The Bertz CT molecular complexity index is 443. The molecule has 1 aliphatic heterocycles. The first-order valence-electron chi connectivity index (χ1n) is 7.20. The number of hydrogen-bond donors (Lipinski definition) is 1. The highest BCUT2D eigenvalue weighted by atomic mass is 16.3. The van der Waals surface area contributed by atoms with E-state index in [9.17, 15) is 5.11 Å². The van der Waals surface area contributed by atoms with Crippen LogP contribution in [0.4, 0.5) is 5.82 Å². The third-order valence-electron chi connectivity index (χ3n) is 3.76. The molecule has 106 valence electrons. The second-order valence-corrected chi connectivity index (χ2v) is 6.22. The van der Waals surface area contributed by atoms with Crippen LogP contribution in [0.3, 0.4) is 0 Å². The van der Waals surface area contributed by atoms with Gasteiger partial charge in [0, 0.05) is 30.8 Å². The summed E-state index contributed by atoms with van der Waals surface area (Å²) in [5.74, 6) is 2.26. The third kappa shape index (κ3) is 3.66. The first-order chi connectivity index (χ1) is 8.87. The zero-order valence-corrected chi connectivity index (χ0v) is 12.5. The maximum absolute atomic E-state index is 10.2. The number of hydrogen-bond acceptors (Lipinski definition) is 4. The maximum atomic E-state index is 10.2. The summed E-state index contributed by atoms with van der Waals surface area (Å²) in [4.78, 5) is 11.5. The van der Waals surface area contributed by atoms with Gasteiger partial charge in [0.05, 0.1) is 5.60 Å². The molecule has 2 heterocycles. The predicted octanol–water partition coefficient (Wildman–Crippen LogP) is 2.65. The van der Waals surface area contributed by atoms with Gasteiger partial charge in [-0.2, -0.15) is 0 Å². The Morgan fingerprint density at radius 3 is 2.68 bits per heavy atom. The van der Waals surface area contributed by atoms with Crippen LogP contribution < -0.4 is 4.90 Å². The molecule has 0 amide bonds. The molecule has 0 spiro atoms. The predicted molar refractivity (Wildman–Crippen MR) is 77.5 cm³/mol. The van der Waals surface area contributed by atoms with E-state index >= 15 is 0 Å². The van der Waals surface area contributed by atoms with Gasteiger partial charge in [-0.05, 0) is 33.1 Å². The van der Waals surface area contributed by atoms with Crippen LogP contribution in [-0.4, -0.2) is 33.8 Å². The Morgan fingerprint density at radius 1 is 1.26 bits per heavy atom. The number of rotatable bonds is 2. The van der Waals surface area contributed by atoms with E-state index in [2.05, 4.69) is 28.7 Å². The summed E-state index contributed by atoms with van der Waals surface area (Å²) in [5, 5.41) is 10.2. The maximum Gasteiger partial charge on any atom is 0.133 e. The fourth-order valence-corrected chi connectivity index (χ4v) is 2.49. The van der Waals surface area contributed by atoms with Crippen molar-refractivity contribution in [2.45, 2.75) is 58.5 Å². The van der Waals surface area contributed by atoms with Crippen molar-refractivity contribution < 1.29 is 5.11 Å². The molecule has 1 fully saturated rings. The van der Waals surface area contributed by atoms with Crippen LogP contribution in [0.25, 0.3) is 0 Å². The molecule has 1 atom stereocenters. The summed E-state index contributed by atoms with van der Waals surface area (Å²) in [5.41, 5.74) is 0.488. The Hall–Kier alpha value is -1.16. The minimum absolute atomic E-state index is 0.341. The van der Waals surface area contributed by atoms with Crippen LogP contribution in [0, 0.1) is 6.92 Å². The summed E-state index contributed by atoms with van der Waals surface area (Å²) in [6.07, 6.45) is 2.67. The van der Waals surface area contributed by atoms with Crippen molar-refractivity contribution >= 4 is 5.82 Å².